The van der Waals surface area contributed by atoms with Crippen LogP contribution in [-0.2, 0) is 0 Å². The van der Waals surface area contributed by atoms with Crippen LogP contribution in [0.15, 0.2) is 48.5 Å². The summed E-state index contributed by atoms with van der Waals surface area (Å²) in [6.07, 6.45) is 0. The quantitative estimate of drug-likeness (QED) is 0.464. The van der Waals surface area contributed by atoms with Crippen molar-refractivity contribution in [3.8, 4) is 34.1 Å². The van der Waals surface area contributed by atoms with Gasteiger partial charge >= 0.3 is 0 Å². The van der Waals surface area contributed by atoms with E-state index in [2.05, 4.69) is 9.97 Å². The van der Waals surface area contributed by atoms with E-state index in [1.54, 1.807) is 17.7 Å². The zero-order valence-corrected chi connectivity index (χ0v) is 17.0. The lowest BCUT2D eigenvalue weighted by Crippen LogP contribution is -2.04. The van der Waals surface area contributed by atoms with Crippen LogP contribution in [-0.4, -0.2) is 26.6 Å². The van der Waals surface area contributed by atoms with E-state index in [9.17, 15) is 10.5 Å². The molecule has 148 valence electrons. The number of nitrogens with zero attached hydrogens (tertiary/aromatic N) is 6. The smallest absolute Gasteiger partial charge is 0.179 e. The van der Waals surface area contributed by atoms with E-state index >= 15 is 0 Å². The van der Waals surface area contributed by atoms with Crippen molar-refractivity contribution < 1.29 is 4.74 Å². The first-order valence-electron chi connectivity index (χ1n) is 9.17. The molecule has 9 heteroatoms. The molecule has 0 bridgehead atoms. The largest absolute Gasteiger partial charge is 0.495 e. The third-order valence-electron chi connectivity index (χ3n) is 4.87. The van der Waals surface area contributed by atoms with Gasteiger partial charge in [-0.05, 0) is 24.3 Å². The van der Waals surface area contributed by atoms with Gasteiger partial charge in [0, 0.05) is 0 Å². The van der Waals surface area contributed by atoms with Gasteiger partial charge < -0.3 is 10.5 Å². The minimum Gasteiger partial charge on any atom is -0.495 e. The zero-order valence-electron chi connectivity index (χ0n) is 16.2. The number of nitrogens with two attached hydrogens (primary N) is 1. The highest BCUT2D eigenvalue weighted by Gasteiger charge is 2.26. The van der Waals surface area contributed by atoms with Crippen molar-refractivity contribution in [2.45, 2.75) is 0 Å². The third-order valence-corrected chi connectivity index (χ3v) is 5.92. The molecule has 0 radical (unpaired) electrons. The van der Waals surface area contributed by atoms with Crippen LogP contribution < -0.4 is 10.5 Å². The molecular weight excluding hydrogens is 410 g/mol. The molecule has 0 saturated heterocycles. The summed E-state index contributed by atoms with van der Waals surface area (Å²) in [5, 5.41) is 19.6. The molecule has 0 aliphatic rings. The maximum absolute atomic E-state index is 9.49. The van der Waals surface area contributed by atoms with E-state index in [1.807, 2.05) is 54.6 Å². The molecule has 8 nitrogen and oxygen atoms in total. The Hall–Kier alpha value is -4.47. The summed E-state index contributed by atoms with van der Waals surface area (Å²) in [6.45, 7) is 0. The van der Waals surface area contributed by atoms with Crippen molar-refractivity contribution in [2.24, 2.45) is 0 Å². The monoisotopic (exact) mass is 423 g/mol. The number of nitrogen functional groups attached to an aromatic ring is 1. The topological polar surface area (TPSA) is 126 Å². The van der Waals surface area contributed by atoms with Crippen molar-refractivity contribution >= 4 is 38.5 Å². The first-order valence-corrected chi connectivity index (χ1v) is 9.99. The Labute approximate surface area is 180 Å². The minimum atomic E-state index is -0.0699. The Morgan fingerprint density at radius 3 is 2.42 bits per heavy atom. The number of fused-ring (bicyclic) bond motifs is 2. The number of rotatable bonds is 3. The Morgan fingerprint density at radius 1 is 0.968 bits per heavy atom. The fourth-order valence-corrected chi connectivity index (χ4v) is 4.52. The van der Waals surface area contributed by atoms with Crippen molar-refractivity contribution in [1.82, 2.24) is 19.5 Å². The SMILES string of the molecule is COc1ccccc1-n1c(N)c(-c2nc3ccccc3s2)c2nc(C#N)c(C#N)nc21. The average Bonchev–Trinajstić information content (AvgIpc) is 3.35. The van der Waals surface area contributed by atoms with Crippen molar-refractivity contribution in [1.29, 1.82) is 10.5 Å². The van der Waals surface area contributed by atoms with Gasteiger partial charge in [0.05, 0.1) is 28.6 Å². The van der Waals surface area contributed by atoms with Gasteiger partial charge in [0.25, 0.3) is 0 Å². The first kappa shape index (κ1) is 18.6. The molecule has 0 aliphatic carbocycles. The molecule has 0 spiro atoms. The van der Waals surface area contributed by atoms with Gasteiger partial charge in [-0.3, -0.25) is 4.57 Å². The summed E-state index contributed by atoms with van der Waals surface area (Å²) in [4.78, 5) is 13.6. The van der Waals surface area contributed by atoms with Crippen LogP contribution >= 0.6 is 11.3 Å². The van der Waals surface area contributed by atoms with Crippen LogP contribution in [0.1, 0.15) is 11.4 Å². The Morgan fingerprint density at radius 2 is 1.68 bits per heavy atom. The van der Waals surface area contributed by atoms with Gasteiger partial charge in [0.2, 0.25) is 0 Å². The second-order valence-electron chi connectivity index (χ2n) is 6.57. The predicted octanol–water partition coefficient (Wildman–Crippen LogP) is 4.03. The van der Waals surface area contributed by atoms with Gasteiger partial charge in [0.1, 0.15) is 34.2 Å². The maximum atomic E-state index is 9.49. The van der Waals surface area contributed by atoms with E-state index in [0.29, 0.717) is 39.0 Å². The van der Waals surface area contributed by atoms with Crippen LogP contribution in [0.5, 0.6) is 5.75 Å². The molecule has 2 aromatic carbocycles. The van der Waals surface area contributed by atoms with E-state index in [-0.39, 0.29) is 11.4 Å². The van der Waals surface area contributed by atoms with Gasteiger partial charge in [0.15, 0.2) is 17.0 Å². The Balaban J connectivity index is 1.93. The van der Waals surface area contributed by atoms with Crippen LogP contribution in [0, 0.1) is 22.7 Å². The normalized spacial score (nSPS) is 10.8. The molecule has 3 aromatic heterocycles. The highest BCUT2D eigenvalue weighted by atomic mass is 32.1. The molecule has 3 heterocycles. The number of benzene rings is 2. The van der Waals surface area contributed by atoms with Crippen LogP contribution in [0.4, 0.5) is 5.82 Å². The number of ether oxygens (including phenoxy) is 1. The number of hydrogen-bond donors (Lipinski definition) is 1. The lowest BCUT2D eigenvalue weighted by Gasteiger charge is -2.12. The summed E-state index contributed by atoms with van der Waals surface area (Å²) in [6, 6.07) is 19.0. The average molecular weight is 423 g/mol. The minimum absolute atomic E-state index is 0.0606. The van der Waals surface area contributed by atoms with Crippen molar-refractivity contribution in [3.63, 3.8) is 0 Å². The van der Waals surface area contributed by atoms with Gasteiger partial charge in [-0.1, -0.05) is 24.3 Å². The molecule has 0 aliphatic heterocycles. The van der Waals surface area contributed by atoms with Crippen LogP contribution in [0.3, 0.4) is 0 Å². The molecule has 0 unspecified atom stereocenters. The summed E-state index contributed by atoms with van der Waals surface area (Å²) in [7, 11) is 1.56. The number of nitriles is 2. The fourth-order valence-electron chi connectivity index (χ4n) is 3.50. The van der Waals surface area contributed by atoms with Crippen LogP contribution in [0.25, 0.3) is 37.6 Å². The molecular formula is C22H13N7OS. The number of aromatic nitrogens is 4. The molecule has 5 aromatic rings. The van der Waals surface area contributed by atoms with Gasteiger partial charge in [-0.15, -0.1) is 11.3 Å². The third kappa shape index (κ3) is 2.76. The van der Waals surface area contributed by atoms with Gasteiger partial charge in [-0.2, -0.15) is 10.5 Å². The fraction of sp³-hybridized carbons (Fsp3) is 0.0455. The zero-order chi connectivity index (χ0) is 21.5. The van der Waals surface area contributed by atoms with Gasteiger partial charge in [-0.25, -0.2) is 15.0 Å². The summed E-state index contributed by atoms with van der Waals surface area (Å²) in [5.41, 5.74) is 9.30. The molecule has 0 atom stereocenters. The molecule has 31 heavy (non-hydrogen) atoms. The highest BCUT2D eigenvalue weighted by molar-refractivity contribution is 7.21. The lowest BCUT2D eigenvalue weighted by molar-refractivity contribution is 0.413. The number of thiazole rings is 1. The number of anilines is 1. The maximum Gasteiger partial charge on any atom is 0.179 e. The molecule has 5 rings (SSSR count). The van der Waals surface area contributed by atoms with E-state index in [1.165, 1.54) is 11.3 Å². The highest BCUT2D eigenvalue weighted by Crippen LogP contribution is 2.42. The standard InChI is InChI=1S/C22H13N7OS/c1-30-16-8-4-3-7-15(16)29-20(25)18(22-28-12-6-2-5-9-17(12)31-22)19-21(29)27-14(11-24)13(10-23)26-19/h2-9H,25H2,1H3. The number of hydrogen-bond acceptors (Lipinski definition) is 8. The Kier molecular flexibility index (Phi) is 4.25. The van der Waals surface area contributed by atoms with Crippen LogP contribution in [0.2, 0.25) is 0 Å². The molecule has 0 saturated carbocycles. The molecule has 0 fully saturated rings. The lowest BCUT2D eigenvalue weighted by atomic mass is 10.2. The van der Waals surface area contributed by atoms with Crippen molar-refractivity contribution in [3.05, 3.63) is 59.9 Å². The molecule has 2 N–H and O–H groups in total. The summed E-state index contributed by atoms with van der Waals surface area (Å²) >= 11 is 1.47. The van der Waals surface area contributed by atoms with E-state index in [4.69, 9.17) is 15.5 Å². The summed E-state index contributed by atoms with van der Waals surface area (Å²) in [5.74, 6) is 0.921. The number of para-hydroxylation sites is 3. The molecule has 0 amide bonds. The Bertz CT molecular complexity index is 1540. The van der Waals surface area contributed by atoms with E-state index in [0.717, 1.165) is 10.2 Å². The summed E-state index contributed by atoms with van der Waals surface area (Å²) < 4.78 is 8.20. The van der Waals surface area contributed by atoms with E-state index < -0.39 is 0 Å². The first-order chi connectivity index (χ1) is 15.2. The van der Waals surface area contributed by atoms with Crippen molar-refractivity contribution in [2.75, 3.05) is 12.8 Å². The second-order valence-corrected chi connectivity index (χ2v) is 7.60. The number of methoxy groups -OCH3 is 1. The predicted molar refractivity (Wildman–Crippen MR) is 118 cm³/mol. The second kappa shape index (κ2) is 7.10.